The molecule has 0 aliphatic heterocycles. The normalized spacial score (nSPS) is 14.4. The Morgan fingerprint density at radius 2 is 1.83 bits per heavy atom. The topological polar surface area (TPSA) is 23.9 Å². The Kier molecular flexibility index (Phi) is 4.51. The fraction of sp³-hybridized carbons (Fsp3) is 0.909. The van der Waals surface area contributed by atoms with Crippen molar-refractivity contribution >= 4 is 5.71 Å². The highest BCUT2D eigenvalue weighted by molar-refractivity contribution is 5.88. The van der Waals surface area contributed by atoms with Crippen LogP contribution in [0.25, 0.3) is 0 Å². The fourth-order valence-corrected chi connectivity index (χ4v) is 1.43. The van der Waals surface area contributed by atoms with Crippen LogP contribution in [0.2, 0.25) is 0 Å². The van der Waals surface area contributed by atoms with E-state index in [2.05, 4.69) is 34.6 Å². The van der Waals surface area contributed by atoms with E-state index in [4.69, 9.17) is 5.41 Å². The van der Waals surface area contributed by atoms with Crippen LogP contribution in [-0.2, 0) is 0 Å². The van der Waals surface area contributed by atoms with Crippen molar-refractivity contribution in [2.75, 3.05) is 0 Å². The van der Waals surface area contributed by atoms with Crippen molar-refractivity contribution < 1.29 is 0 Å². The molecule has 0 aliphatic carbocycles. The molecule has 0 aromatic heterocycles. The highest BCUT2D eigenvalue weighted by Gasteiger charge is 2.24. The van der Waals surface area contributed by atoms with Crippen molar-refractivity contribution in [1.29, 1.82) is 5.41 Å². The molecule has 0 radical (unpaired) electrons. The van der Waals surface area contributed by atoms with Crippen LogP contribution in [0.15, 0.2) is 0 Å². The molecule has 1 N–H and O–H groups in total. The Labute approximate surface area is 77.1 Å². The summed E-state index contributed by atoms with van der Waals surface area (Å²) < 4.78 is 0. The lowest BCUT2D eigenvalue weighted by Crippen LogP contribution is -2.28. The third kappa shape index (κ3) is 2.96. The van der Waals surface area contributed by atoms with Crippen molar-refractivity contribution in [2.24, 2.45) is 11.3 Å². The average Bonchev–Trinajstić information content (AvgIpc) is 2.03. The van der Waals surface area contributed by atoms with Gasteiger partial charge in [-0.05, 0) is 18.8 Å². The van der Waals surface area contributed by atoms with Crippen molar-refractivity contribution in [3.05, 3.63) is 0 Å². The average molecular weight is 169 g/mol. The zero-order chi connectivity index (χ0) is 9.78. The van der Waals surface area contributed by atoms with Crippen LogP contribution in [-0.4, -0.2) is 5.71 Å². The van der Waals surface area contributed by atoms with Gasteiger partial charge in [-0.3, -0.25) is 0 Å². The molecule has 12 heavy (non-hydrogen) atoms. The minimum atomic E-state index is 0.106. The highest BCUT2D eigenvalue weighted by Crippen LogP contribution is 2.27. The van der Waals surface area contributed by atoms with Crippen molar-refractivity contribution in [1.82, 2.24) is 0 Å². The number of hydrogen-bond acceptors (Lipinski definition) is 1. The molecule has 0 saturated heterocycles. The van der Waals surface area contributed by atoms with E-state index in [0.717, 1.165) is 18.6 Å². The van der Waals surface area contributed by atoms with Crippen LogP contribution >= 0.6 is 0 Å². The van der Waals surface area contributed by atoms with E-state index in [-0.39, 0.29) is 5.41 Å². The van der Waals surface area contributed by atoms with Crippen molar-refractivity contribution in [3.63, 3.8) is 0 Å². The van der Waals surface area contributed by atoms with Gasteiger partial charge in [0.05, 0.1) is 0 Å². The van der Waals surface area contributed by atoms with E-state index >= 15 is 0 Å². The Bertz CT molecular complexity index is 147. The standard InChI is InChI=1S/C11H23N/c1-6-8-9(3)10(12)11(4,5)7-2/h9,12H,6-8H2,1-5H3. The maximum absolute atomic E-state index is 8.00. The molecule has 0 heterocycles. The molecule has 0 aromatic rings. The van der Waals surface area contributed by atoms with E-state index in [1.54, 1.807) is 0 Å². The highest BCUT2D eigenvalue weighted by atomic mass is 14.5. The van der Waals surface area contributed by atoms with E-state index in [1.807, 2.05) is 0 Å². The first-order valence-corrected chi connectivity index (χ1v) is 5.04. The second-order valence-corrected chi connectivity index (χ2v) is 4.34. The molecule has 1 unspecified atom stereocenters. The molecule has 0 aromatic carbocycles. The molecule has 0 spiro atoms. The first-order chi connectivity index (χ1) is 5.45. The Balaban J connectivity index is 4.18. The summed E-state index contributed by atoms with van der Waals surface area (Å²) in [5.41, 5.74) is 1.03. The lowest BCUT2D eigenvalue weighted by atomic mass is 9.78. The van der Waals surface area contributed by atoms with Gasteiger partial charge in [-0.25, -0.2) is 0 Å². The van der Waals surface area contributed by atoms with Gasteiger partial charge in [-0.15, -0.1) is 0 Å². The van der Waals surface area contributed by atoms with Crippen LogP contribution in [0, 0.1) is 16.7 Å². The number of hydrogen-bond donors (Lipinski definition) is 1. The zero-order valence-corrected chi connectivity index (χ0v) is 9.20. The van der Waals surface area contributed by atoms with Gasteiger partial charge in [-0.2, -0.15) is 0 Å². The van der Waals surface area contributed by atoms with Crippen LogP contribution in [0.5, 0.6) is 0 Å². The summed E-state index contributed by atoms with van der Waals surface area (Å²) in [5.74, 6) is 0.463. The van der Waals surface area contributed by atoms with Crippen LogP contribution < -0.4 is 0 Å². The van der Waals surface area contributed by atoms with E-state index in [1.165, 1.54) is 6.42 Å². The third-order valence-corrected chi connectivity index (χ3v) is 2.83. The third-order valence-electron chi connectivity index (χ3n) is 2.83. The summed E-state index contributed by atoms with van der Waals surface area (Å²) in [4.78, 5) is 0. The first-order valence-electron chi connectivity index (χ1n) is 5.04. The van der Waals surface area contributed by atoms with Gasteiger partial charge in [0, 0.05) is 11.1 Å². The smallest absolute Gasteiger partial charge is 0.0173 e. The molecule has 0 bridgehead atoms. The molecule has 0 saturated carbocycles. The minimum absolute atomic E-state index is 0.106. The molecule has 0 amide bonds. The van der Waals surface area contributed by atoms with Gasteiger partial charge in [0.25, 0.3) is 0 Å². The molecule has 1 nitrogen and oxygen atoms in total. The SMILES string of the molecule is CCCC(C)C(=N)C(C)(C)CC. The fourth-order valence-electron chi connectivity index (χ4n) is 1.43. The van der Waals surface area contributed by atoms with E-state index in [0.29, 0.717) is 5.92 Å². The van der Waals surface area contributed by atoms with Gasteiger partial charge in [-0.1, -0.05) is 41.0 Å². The lowest BCUT2D eigenvalue weighted by molar-refractivity contribution is 0.462. The summed E-state index contributed by atoms with van der Waals surface area (Å²) in [6, 6.07) is 0. The summed E-state index contributed by atoms with van der Waals surface area (Å²) in [6.07, 6.45) is 3.41. The predicted octanol–water partition coefficient (Wildman–Crippen LogP) is 3.88. The minimum Gasteiger partial charge on any atom is -0.309 e. The molecule has 0 aliphatic rings. The molecule has 0 rings (SSSR count). The maximum Gasteiger partial charge on any atom is 0.0173 e. The molecular formula is C11H23N. The van der Waals surface area contributed by atoms with Crippen molar-refractivity contribution in [2.45, 2.75) is 53.9 Å². The lowest BCUT2D eigenvalue weighted by Gasteiger charge is -2.28. The summed E-state index contributed by atoms with van der Waals surface area (Å²) in [6.45, 7) is 10.8. The van der Waals surface area contributed by atoms with Crippen LogP contribution in [0.1, 0.15) is 53.9 Å². The van der Waals surface area contributed by atoms with Gasteiger partial charge in [0.2, 0.25) is 0 Å². The van der Waals surface area contributed by atoms with Crippen LogP contribution in [0.3, 0.4) is 0 Å². The summed E-state index contributed by atoms with van der Waals surface area (Å²) >= 11 is 0. The van der Waals surface area contributed by atoms with E-state index < -0.39 is 0 Å². The summed E-state index contributed by atoms with van der Waals surface area (Å²) in [7, 11) is 0. The second kappa shape index (κ2) is 4.64. The molecule has 0 fully saturated rings. The zero-order valence-electron chi connectivity index (χ0n) is 9.20. The molecular weight excluding hydrogens is 146 g/mol. The largest absolute Gasteiger partial charge is 0.309 e. The van der Waals surface area contributed by atoms with Gasteiger partial charge in [0.1, 0.15) is 0 Å². The summed E-state index contributed by atoms with van der Waals surface area (Å²) in [5, 5.41) is 8.00. The van der Waals surface area contributed by atoms with Gasteiger partial charge in [0.15, 0.2) is 0 Å². The van der Waals surface area contributed by atoms with Gasteiger partial charge < -0.3 is 5.41 Å². The number of nitrogens with one attached hydrogen (secondary N) is 1. The molecule has 1 heteroatoms. The quantitative estimate of drug-likeness (QED) is 0.604. The van der Waals surface area contributed by atoms with Crippen LogP contribution in [0.4, 0.5) is 0 Å². The first kappa shape index (κ1) is 11.7. The molecule has 72 valence electrons. The number of rotatable bonds is 5. The maximum atomic E-state index is 8.00. The van der Waals surface area contributed by atoms with Crippen molar-refractivity contribution in [3.8, 4) is 0 Å². The second-order valence-electron chi connectivity index (χ2n) is 4.34. The molecule has 1 atom stereocenters. The Morgan fingerprint density at radius 3 is 2.17 bits per heavy atom. The Morgan fingerprint density at radius 1 is 1.33 bits per heavy atom. The van der Waals surface area contributed by atoms with E-state index in [9.17, 15) is 0 Å². The van der Waals surface area contributed by atoms with Gasteiger partial charge >= 0.3 is 0 Å². The predicted molar refractivity (Wildman–Crippen MR) is 55.9 cm³/mol. The monoisotopic (exact) mass is 169 g/mol. The Hall–Kier alpha value is -0.330.